The molecule has 1 N–H and O–H groups in total. The van der Waals surface area contributed by atoms with Gasteiger partial charge in [-0.15, -0.1) is 0 Å². The lowest BCUT2D eigenvalue weighted by molar-refractivity contribution is -0.129. The zero-order valence-corrected chi connectivity index (χ0v) is 13.5. The minimum absolute atomic E-state index is 0.104. The van der Waals surface area contributed by atoms with Gasteiger partial charge in [-0.05, 0) is 35.4 Å². The van der Waals surface area contributed by atoms with Crippen LogP contribution in [0.2, 0.25) is 10.0 Å². The first-order chi connectivity index (χ1) is 11.1. The van der Waals surface area contributed by atoms with Gasteiger partial charge >= 0.3 is 0 Å². The second kappa shape index (κ2) is 6.76. The smallest absolute Gasteiger partial charge is 0.288 e. The molecule has 2 aromatic carbocycles. The van der Waals surface area contributed by atoms with Crippen molar-refractivity contribution < 1.29 is 19.5 Å². The Kier molecular flexibility index (Phi) is 4.73. The molecule has 0 saturated carbocycles. The zero-order valence-electron chi connectivity index (χ0n) is 12.0. The van der Waals surface area contributed by atoms with Crippen molar-refractivity contribution in [3.8, 4) is 5.75 Å². The SMILES string of the molecule is O=C1COc2ccc(CO)cc2N1OCc1ccc(Cl)c(Cl)c1. The number of ether oxygens (including phenoxy) is 1. The molecule has 1 heterocycles. The summed E-state index contributed by atoms with van der Waals surface area (Å²) in [6, 6.07) is 10.2. The molecule has 2 aromatic rings. The van der Waals surface area contributed by atoms with Gasteiger partial charge in [0, 0.05) is 0 Å². The summed E-state index contributed by atoms with van der Waals surface area (Å²) in [5, 5.41) is 11.3. The normalized spacial score (nSPS) is 13.7. The van der Waals surface area contributed by atoms with Gasteiger partial charge in [-0.3, -0.25) is 9.63 Å². The number of nitrogens with zero attached hydrogens (tertiary/aromatic N) is 1. The highest BCUT2D eigenvalue weighted by Crippen LogP contribution is 2.33. The van der Waals surface area contributed by atoms with Crippen molar-refractivity contribution >= 4 is 34.8 Å². The number of anilines is 1. The first-order valence-corrected chi connectivity index (χ1v) is 7.60. The van der Waals surface area contributed by atoms with Crippen LogP contribution in [0.5, 0.6) is 5.75 Å². The Morgan fingerprint density at radius 3 is 2.65 bits per heavy atom. The summed E-state index contributed by atoms with van der Waals surface area (Å²) >= 11 is 11.8. The Bertz CT molecular complexity index is 751. The number of amides is 1. The fourth-order valence-corrected chi connectivity index (χ4v) is 2.51. The van der Waals surface area contributed by atoms with Gasteiger partial charge in [0.15, 0.2) is 6.61 Å². The second-order valence-corrected chi connectivity index (χ2v) is 5.77. The Labute approximate surface area is 142 Å². The molecule has 0 aromatic heterocycles. The van der Waals surface area contributed by atoms with Crippen molar-refractivity contribution in [2.45, 2.75) is 13.2 Å². The third kappa shape index (κ3) is 3.43. The average molecular weight is 354 g/mol. The minimum atomic E-state index is -0.326. The molecule has 0 aliphatic carbocycles. The van der Waals surface area contributed by atoms with Gasteiger partial charge in [-0.1, -0.05) is 35.3 Å². The first-order valence-electron chi connectivity index (χ1n) is 6.85. The Hall–Kier alpha value is -1.79. The lowest BCUT2D eigenvalue weighted by atomic mass is 10.2. The molecule has 1 aliphatic heterocycles. The standard InChI is InChI=1S/C16H13Cl2NO4/c17-12-3-1-11(5-13(12)18)8-23-19-14-6-10(7-20)2-4-15(14)22-9-16(19)21/h1-6,20H,7-9H2. The van der Waals surface area contributed by atoms with E-state index in [1.54, 1.807) is 36.4 Å². The van der Waals surface area contributed by atoms with E-state index in [-0.39, 0.29) is 25.7 Å². The van der Waals surface area contributed by atoms with E-state index in [1.165, 1.54) is 5.06 Å². The molecule has 0 spiro atoms. The predicted octanol–water partition coefficient (Wildman–Crippen LogP) is 3.34. The van der Waals surface area contributed by atoms with Crippen molar-refractivity contribution in [1.29, 1.82) is 0 Å². The molecule has 3 rings (SSSR count). The van der Waals surface area contributed by atoms with E-state index in [9.17, 15) is 9.90 Å². The zero-order chi connectivity index (χ0) is 16.4. The second-order valence-electron chi connectivity index (χ2n) is 4.96. The van der Waals surface area contributed by atoms with Crippen molar-refractivity contribution in [2.24, 2.45) is 0 Å². The summed E-state index contributed by atoms with van der Waals surface area (Å²) < 4.78 is 5.36. The van der Waals surface area contributed by atoms with Crippen LogP contribution in [-0.4, -0.2) is 17.6 Å². The van der Waals surface area contributed by atoms with Crippen LogP contribution >= 0.6 is 23.2 Å². The topological polar surface area (TPSA) is 59.0 Å². The average Bonchev–Trinajstić information content (AvgIpc) is 2.56. The highest BCUT2D eigenvalue weighted by Gasteiger charge is 2.27. The number of hydrogen-bond donors (Lipinski definition) is 1. The lowest BCUT2D eigenvalue weighted by Crippen LogP contribution is -2.38. The monoisotopic (exact) mass is 353 g/mol. The van der Waals surface area contributed by atoms with Gasteiger partial charge in [0.1, 0.15) is 18.0 Å². The van der Waals surface area contributed by atoms with E-state index in [0.29, 0.717) is 27.0 Å². The highest BCUT2D eigenvalue weighted by atomic mass is 35.5. The van der Waals surface area contributed by atoms with Gasteiger partial charge in [0.05, 0.1) is 16.7 Å². The van der Waals surface area contributed by atoms with Gasteiger partial charge < -0.3 is 9.84 Å². The number of hydrogen-bond acceptors (Lipinski definition) is 4. The molecule has 0 unspecified atom stereocenters. The van der Waals surface area contributed by atoms with E-state index in [0.717, 1.165) is 5.56 Å². The summed E-state index contributed by atoms with van der Waals surface area (Å²) in [5.41, 5.74) is 1.90. The third-order valence-electron chi connectivity index (χ3n) is 3.35. The van der Waals surface area contributed by atoms with Gasteiger partial charge in [-0.25, -0.2) is 0 Å². The molecule has 120 valence electrons. The van der Waals surface area contributed by atoms with Crippen molar-refractivity contribution in [1.82, 2.24) is 0 Å². The van der Waals surface area contributed by atoms with Crippen LogP contribution in [0.1, 0.15) is 11.1 Å². The molecule has 23 heavy (non-hydrogen) atoms. The van der Waals surface area contributed by atoms with Gasteiger partial charge in [0.2, 0.25) is 0 Å². The Balaban J connectivity index is 1.82. The number of aliphatic hydroxyl groups is 1. The quantitative estimate of drug-likeness (QED) is 0.915. The molecule has 5 nitrogen and oxygen atoms in total. The van der Waals surface area contributed by atoms with Crippen LogP contribution in [0.15, 0.2) is 36.4 Å². The molecular weight excluding hydrogens is 341 g/mol. The largest absolute Gasteiger partial charge is 0.481 e. The van der Waals surface area contributed by atoms with E-state index in [4.69, 9.17) is 32.8 Å². The third-order valence-corrected chi connectivity index (χ3v) is 4.09. The summed E-state index contributed by atoms with van der Waals surface area (Å²) in [6.45, 7) is -0.0969. The molecule has 0 saturated heterocycles. The maximum Gasteiger partial charge on any atom is 0.288 e. The molecular formula is C16H13Cl2NO4. The number of halogens is 2. The molecule has 0 radical (unpaired) electrons. The van der Waals surface area contributed by atoms with Crippen LogP contribution in [-0.2, 0) is 22.8 Å². The molecule has 0 bridgehead atoms. The maximum absolute atomic E-state index is 12.1. The molecule has 1 aliphatic rings. The lowest BCUT2D eigenvalue weighted by Gasteiger charge is -2.28. The van der Waals surface area contributed by atoms with E-state index in [1.807, 2.05) is 0 Å². The van der Waals surface area contributed by atoms with Crippen LogP contribution < -0.4 is 9.80 Å². The van der Waals surface area contributed by atoms with Crippen molar-refractivity contribution in [3.63, 3.8) is 0 Å². The number of benzene rings is 2. The van der Waals surface area contributed by atoms with Gasteiger partial charge in [0.25, 0.3) is 5.91 Å². The fraction of sp³-hybridized carbons (Fsp3) is 0.188. The number of rotatable bonds is 4. The summed E-state index contributed by atoms with van der Waals surface area (Å²) in [4.78, 5) is 17.7. The molecule has 0 fully saturated rings. The minimum Gasteiger partial charge on any atom is -0.481 e. The predicted molar refractivity (Wildman–Crippen MR) is 86.6 cm³/mol. The van der Waals surface area contributed by atoms with Crippen molar-refractivity contribution in [3.05, 3.63) is 57.6 Å². The number of fused-ring (bicyclic) bond motifs is 1. The summed E-state index contributed by atoms with van der Waals surface area (Å²) in [6.07, 6.45) is 0. The van der Waals surface area contributed by atoms with Crippen molar-refractivity contribution in [2.75, 3.05) is 11.7 Å². The highest BCUT2D eigenvalue weighted by molar-refractivity contribution is 6.42. The molecule has 0 atom stereocenters. The number of hydroxylamine groups is 1. The van der Waals surface area contributed by atoms with E-state index in [2.05, 4.69) is 0 Å². The van der Waals surface area contributed by atoms with Crippen LogP contribution in [0.25, 0.3) is 0 Å². The first kappa shape index (κ1) is 16.1. The van der Waals surface area contributed by atoms with Gasteiger partial charge in [-0.2, -0.15) is 5.06 Å². The fourth-order valence-electron chi connectivity index (χ4n) is 2.18. The molecule has 1 amide bonds. The van der Waals surface area contributed by atoms with E-state index < -0.39 is 0 Å². The Morgan fingerprint density at radius 2 is 1.91 bits per heavy atom. The molecule has 7 heteroatoms. The number of carbonyl (C=O) groups is 1. The summed E-state index contributed by atoms with van der Waals surface area (Å²) in [5.74, 6) is 0.198. The van der Waals surface area contributed by atoms with Crippen LogP contribution in [0.4, 0.5) is 5.69 Å². The maximum atomic E-state index is 12.1. The van der Waals surface area contributed by atoms with E-state index >= 15 is 0 Å². The number of carbonyl (C=O) groups excluding carboxylic acids is 1. The Morgan fingerprint density at radius 1 is 1.13 bits per heavy atom. The van der Waals surface area contributed by atoms with Crippen LogP contribution in [0, 0.1) is 0 Å². The number of aliphatic hydroxyl groups excluding tert-OH is 1. The van der Waals surface area contributed by atoms with Crippen LogP contribution in [0.3, 0.4) is 0 Å². The summed E-state index contributed by atoms with van der Waals surface area (Å²) in [7, 11) is 0.